The van der Waals surface area contributed by atoms with Crippen molar-refractivity contribution in [3.05, 3.63) is 39.4 Å². The Labute approximate surface area is 128 Å². The van der Waals surface area contributed by atoms with E-state index in [0.29, 0.717) is 6.07 Å². The molecule has 1 aromatic carbocycles. The van der Waals surface area contributed by atoms with Gasteiger partial charge < -0.3 is 4.43 Å². The number of benzene rings is 1. The van der Waals surface area contributed by atoms with Crippen molar-refractivity contribution in [3.63, 3.8) is 0 Å². The minimum absolute atomic E-state index is 0.0806. The molecular formula is C14H20F3NO3Si. The summed E-state index contributed by atoms with van der Waals surface area (Å²) in [5.41, 5.74) is -1.67. The zero-order valence-electron chi connectivity index (χ0n) is 13.2. The number of hydrogen-bond donors (Lipinski definition) is 0. The van der Waals surface area contributed by atoms with Gasteiger partial charge in [-0.05, 0) is 29.8 Å². The minimum Gasteiger partial charge on any atom is -0.413 e. The Morgan fingerprint density at radius 1 is 1.23 bits per heavy atom. The first-order valence-corrected chi connectivity index (χ1v) is 9.65. The van der Waals surface area contributed by atoms with E-state index >= 15 is 0 Å². The number of hydrogen-bond acceptors (Lipinski definition) is 3. The molecule has 8 heteroatoms. The van der Waals surface area contributed by atoms with Crippen LogP contribution < -0.4 is 0 Å². The largest absolute Gasteiger partial charge is 0.417 e. The molecule has 0 heterocycles. The van der Waals surface area contributed by atoms with Crippen LogP contribution in [-0.4, -0.2) is 13.2 Å². The Hall–Kier alpha value is -1.41. The van der Waals surface area contributed by atoms with E-state index in [1.165, 1.54) is 0 Å². The van der Waals surface area contributed by atoms with Crippen LogP contribution in [0.2, 0.25) is 18.1 Å². The Morgan fingerprint density at radius 2 is 1.77 bits per heavy atom. The number of halogens is 3. The van der Waals surface area contributed by atoms with E-state index in [1.807, 2.05) is 33.9 Å². The molecule has 0 aromatic heterocycles. The maximum absolute atomic E-state index is 13.1. The molecule has 0 unspecified atom stereocenters. The number of nitrogens with zero attached hydrogens (tertiary/aromatic N) is 1. The lowest BCUT2D eigenvalue weighted by Crippen LogP contribution is -2.40. The minimum atomic E-state index is -4.65. The average Bonchev–Trinajstić information content (AvgIpc) is 2.33. The normalized spacial score (nSPS) is 13.3. The van der Waals surface area contributed by atoms with Crippen molar-refractivity contribution in [1.82, 2.24) is 0 Å². The van der Waals surface area contributed by atoms with Gasteiger partial charge in [0, 0.05) is 12.1 Å². The predicted octanol–water partition coefficient (Wildman–Crippen LogP) is 5.14. The summed E-state index contributed by atoms with van der Waals surface area (Å²) in [6.07, 6.45) is -4.65. The highest BCUT2D eigenvalue weighted by atomic mass is 28.4. The molecule has 0 N–H and O–H groups in total. The zero-order chi connectivity index (χ0) is 17.3. The molecule has 0 saturated heterocycles. The second-order valence-corrected chi connectivity index (χ2v) is 11.5. The van der Waals surface area contributed by atoms with Crippen LogP contribution in [0.3, 0.4) is 0 Å². The summed E-state index contributed by atoms with van der Waals surface area (Å²) in [5, 5.41) is 10.5. The average molecular weight is 335 g/mol. The van der Waals surface area contributed by atoms with Crippen molar-refractivity contribution >= 4 is 14.0 Å². The maximum Gasteiger partial charge on any atom is 0.417 e. The predicted molar refractivity (Wildman–Crippen MR) is 80.1 cm³/mol. The van der Waals surface area contributed by atoms with E-state index < -0.39 is 30.7 Å². The Morgan fingerprint density at radius 3 is 2.18 bits per heavy atom. The molecule has 22 heavy (non-hydrogen) atoms. The maximum atomic E-state index is 13.1. The highest BCUT2D eigenvalue weighted by Gasteiger charge is 2.39. The first kappa shape index (κ1) is 18.6. The molecular weight excluding hydrogens is 315 g/mol. The molecule has 0 atom stereocenters. The number of rotatable bonds is 4. The summed E-state index contributed by atoms with van der Waals surface area (Å²) in [6.45, 7) is 9.62. The standard InChI is InChI=1S/C14H20F3NO3Si/c1-13(2,3)22(4,5)21-9-10-6-7-11(18(19)20)8-12(10)14(15,16)17/h6-8H,9H2,1-5H3. The molecule has 0 aliphatic carbocycles. The summed E-state index contributed by atoms with van der Waals surface area (Å²) in [4.78, 5) is 9.81. The topological polar surface area (TPSA) is 52.4 Å². The van der Waals surface area contributed by atoms with Gasteiger partial charge in [0.1, 0.15) is 0 Å². The number of nitro groups is 1. The van der Waals surface area contributed by atoms with Gasteiger partial charge in [0.15, 0.2) is 8.32 Å². The van der Waals surface area contributed by atoms with E-state index in [0.717, 1.165) is 12.1 Å². The fraction of sp³-hybridized carbons (Fsp3) is 0.571. The van der Waals surface area contributed by atoms with Crippen LogP contribution in [-0.2, 0) is 17.2 Å². The number of non-ortho nitro benzene ring substituents is 1. The second kappa shape index (κ2) is 6.00. The first-order valence-electron chi connectivity index (χ1n) is 6.74. The Kier molecular flexibility index (Phi) is 5.08. The molecule has 0 bridgehead atoms. The molecule has 0 aliphatic heterocycles. The lowest BCUT2D eigenvalue weighted by molar-refractivity contribution is -0.385. The van der Waals surface area contributed by atoms with E-state index in [2.05, 4.69) is 0 Å². The molecule has 124 valence electrons. The van der Waals surface area contributed by atoms with Gasteiger partial charge in [0.2, 0.25) is 0 Å². The smallest absolute Gasteiger partial charge is 0.413 e. The van der Waals surface area contributed by atoms with Crippen molar-refractivity contribution in [2.75, 3.05) is 0 Å². The van der Waals surface area contributed by atoms with Gasteiger partial charge in [-0.25, -0.2) is 0 Å². The first-order chi connectivity index (χ1) is 9.75. The molecule has 4 nitrogen and oxygen atoms in total. The third kappa shape index (κ3) is 4.29. The molecule has 0 radical (unpaired) electrons. The molecule has 0 fully saturated rings. The number of alkyl halides is 3. The summed E-state index contributed by atoms with van der Waals surface area (Å²) in [7, 11) is -2.21. The second-order valence-electron chi connectivity index (χ2n) is 6.65. The van der Waals surface area contributed by atoms with Crippen LogP contribution in [0.15, 0.2) is 18.2 Å². The van der Waals surface area contributed by atoms with Crippen molar-refractivity contribution in [2.45, 2.75) is 51.7 Å². The molecule has 0 aliphatic rings. The molecule has 1 aromatic rings. The van der Waals surface area contributed by atoms with E-state index in [-0.39, 0.29) is 17.2 Å². The van der Waals surface area contributed by atoms with Crippen LogP contribution in [0.5, 0.6) is 0 Å². The lowest BCUT2D eigenvalue weighted by Gasteiger charge is -2.36. The van der Waals surface area contributed by atoms with Gasteiger partial charge >= 0.3 is 6.18 Å². The van der Waals surface area contributed by atoms with Gasteiger partial charge in [-0.3, -0.25) is 10.1 Å². The fourth-order valence-electron chi connectivity index (χ4n) is 1.54. The van der Waals surface area contributed by atoms with Gasteiger partial charge in [-0.15, -0.1) is 0 Å². The highest BCUT2D eigenvalue weighted by molar-refractivity contribution is 6.74. The number of nitro benzene ring substituents is 1. The van der Waals surface area contributed by atoms with Gasteiger partial charge in [0.25, 0.3) is 5.69 Å². The Balaban J connectivity index is 3.13. The third-order valence-electron chi connectivity index (χ3n) is 4.00. The van der Waals surface area contributed by atoms with Crippen molar-refractivity contribution < 1.29 is 22.5 Å². The molecule has 1 rings (SSSR count). The molecule has 0 amide bonds. The monoisotopic (exact) mass is 335 g/mol. The third-order valence-corrected chi connectivity index (χ3v) is 8.48. The summed E-state index contributed by atoms with van der Waals surface area (Å²) in [6, 6.07) is 2.75. The summed E-state index contributed by atoms with van der Waals surface area (Å²) < 4.78 is 45.0. The van der Waals surface area contributed by atoms with Crippen LogP contribution in [0.4, 0.5) is 18.9 Å². The lowest BCUT2D eigenvalue weighted by atomic mass is 10.1. The highest BCUT2D eigenvalue weighted by Crippen LogP contribution is 2.39. The fourth-order valence-corrected chi connectivity index (χ4v) is 2.49. The Bertz CT molecular complexity index is 565. The van der Waals surface area contributed by atoms with Gasteiger partial charge in [0.05, 0.1) is 17.1 Å². The van der Waals surface area contributed by atoms with E-state index in [1.54, 1.807) is 0 Å². The SMILES string of the molecule is CC(C)(C)[Si](C)(C)OCc1ccc([N+](=O)[O-])cc1C(F)(F)F. The molecule has 0 saturated carbocycles. The zero-order valence-corrected chi connectivity index (χ0v) is 14.2. The van der Waals surface area contributed by atoms with Gasteiger partial charge in [-0.1, -0.05) is 20.8 Å². The molecule has 0 spiro atoms. The quantitative estimate of drug-likeness (QED) is 0.435. The summed E-state index contributed by atoms with van der Waals surface area (Å²) in [5.74, 6) is 0. The van der Waals surface area contributed by atoms with Crippen molar-refractivity contribution in [3.8, 4) is 0 Å². The van der Waals surface area contributed by atoms with E-state index in [4.69, 9.17) is 4.43 Å². The van der Waals surface area contributed by atoms with Crippen LogP contribution in [0.25, 0.3) is 0 Å². The van der Waals surface area contributed by atoms with E-state index in [9.17, 15) is 23.3 Å². The van der Waals surface area contributed by atoms with Crippen molar-refractivity contribution in [1.29, 1.82) is 0 Å². The van der Waals surface area contributed by atoms with Gasteiger partial charge in [-0.2, -0.15) is 13.2 Å². The van der Waals surface area contributed by atoms with Crippen molar-refractivity contribution in [2.24, 2.45) is 0 Å². The van der Waals surface area contributed by atoms with Crippen LogP contribution in [0, 0.1) is 10.1 Å². The van der Waals surface area contributed by atoms with Crippen LogP contribution >= 0.6 is 0 Å². The van der Waals surface area contributed by atoms with Crippen LogP contribution in [0.1, 0.15) is 31.9 Å². The summed E-state index contributed by atoms with van der Waals surface area (Å²) >= 11 is 0.